The van der Waals surface area contributed by atoms with Crippen LogP contribution in [0.2, 0.25) is 0 Å². The van der Waals surface area contributed by atoms with E-state index in [0.29, 0.717) is 6.42 Å². The predicted molar refractivity (Wildman–Crippen MR) is 52.9 cm³/mol. The van der Waals surface area contributed by atoms with Crippen LogP contribution in [-0.4, -0.2) is 31.9 Å². The molecule has 13 heavy (non-hydrogen) atoms. The van der Waals surface area contributed by atoms with Gasteiger partial charge >= 0.3 is 0 Å². The Balaban J connectivity index is 4.02. The first-order chi connectivity index (χ1) is 5.87. The van der Waals surface area contributed by atoms with E-state index in [1.807, 2.05) is 13.8 Å². The molecule has 80 valence electrons. The first kappa shape index (κ1) is 12.9. The molecular weight excluding hydrogens is 190 g/mol. The second-order valence-corrected chi connectivity index (χ2v) is 5.50. The van der Waals surface area contributed by atoms with Gasteiger partial charge in [0.05, 0.1) is 5.75 Å². The number of rotatable bonds is 6. The summed E-state index contributed by atoms with van der Waals surface area (Å²) in [6.07, 6.45) is 0.456. The van der Waals surface area contributed by atoms with Crippen molar-refractivity contribution in [3.63, 3.8) is 0 Å². The molecule has 0 amide bonds. The summed E-state index contributed by atoms with van der Waals surface area (Å²) in [5.74, 6) is 0.266. The van der Waals surface area contributed by atoms with Gasteiger partial charge in [-0.15, -0.1) is 0 Å². The molecule has 0 rings (SSSR count). The van der Waals surface area contributed by atoms with Crippen LogP contribution in [-0.2, 0) is 10.0 Å². The minimum Gasteiger partial charge on any atom is -0.396 e. The average Bonchev–Trinajstić information content (AvgIpc) is 1.81. The van der Waals surface area contributed by atoms with Crippen molar-refractivity contribution in [3.05, 3.63) is 0 Å². The fourth-order valence-electron chi connectivity index (χ4n) is 1.05. The summed E-state index contributed by atoms with van der Waals surface area (Å²) in [6.45, 7) is 5.46. The van der Waals surface area contributed by atoms with E-state index in [-0.39, 0.29) is 24.3 Å². The zero-order chi connectivity index (χ0) is 10.5. The fourth-order valence-corrected chi connectivity index (χ4v) is 2.75. The molecule has 0 aromatic rings. The molecule has 0 aromatic carbocycles. The third-order valence-electron chi connectivity index (χ3n) is 1.50. The molecule has 0 fully saturated rings. The molecule has 0 bridgehead atoms. The molecule has 5 heteroatoms. The van der Waals surface area contributed by atoms with Crippen LogP contribution in [0.15, 0.2) is 0 Å². The minimum atomic E-state index is -3.16. The van der Waals surface area contributed by atoms with Gasteiger partial charge in [-0.2, -0.15) is 0 Å². The van der Waals surface area contributed by atoms with Crippen molar-refractivity contribution in [1.29, 1.82) is 0 Å². The van der Waals surface area contributed by atoms with Crippen LogP contribution in [0, 0.1) is 5.92 Å². The van der Waals surface area contributed by atoms with E-state index in [1.54, 1.807) is 6.92 Å². The Kier molecular flexibility index (Phi) is 5.51. The monoisotopic (exact) mass is 209 g/mol. The van der Waals surface area contributed by atoms with Gasteiger partial charge in [-0.1, -0.05) is 13.8 Å². The molecule has 1 unspecified atom stereocenters. The van der Waals surface area contributed by atoms with Gasteiger partial charge < -0.3 is 5.11 Å². The molecule has 2 N–H and O–H groups in total. The van der Waals surface area contributed by atoms with Gasteiger partial charge in [0.1, 0.15) is 0 Å². The number of aliphatic hydroxyl groups is 1. The van der Waals surface area contributed by atoms with Crippen molar-refractivity contribution < 1.29 is 13.5 Å². The van der Waals surface area contributed by atoms with E-state index < -0.39 is 10.0 Å². The van der Waals surface area contributed by atoms with Crippen LogP contribution in [0.4, 0.5) is 0 Å². The first-order valence-corrected chi connectivity index (χ1v) is 6.13. The summed E-state index contributed by atoms with van der Waals surface area (Å²) >= 11 is 0. The quantitative estimate of drug-likeness (QED) is 0.662. The molecule has 0 saturated heterocycles. The van der Waals surface area contributed by atoms with Crippen molar-refractivity contribution in [2.24, 2.45) is 5.92 Å². The number of nitrogens with one attached hydrogen (secondary N) is 1. The summed E-state index contributed by atoms with van der Waals surface area (Å²) in [5, 5.41) is 8.58. The van der Waals surface area contributed by atoms with Gasteiger partial charge in [0.2, 0.25) is 10.0 Å². The number of sulfonamides is 1. The Hall–Kier alpha value is -0.130. The molecular formula is C8H19NO3S. The Morgan fingerprint density at radius 2 is 1.85 bits per heavy atom. The first-order valence-electron chi connectivity index (χ1n) is 4.48. The Morgan fingerprint density at radius 1 is 1.31 bits per heavy atom. The summed E-state index contributed by atoms with van der Waals surface area (Å²) in [4.78, 5) is 0. The van der Waals surface area contributed by atoms with Crippen molar-refractivity contribution in [2.45, 2.75) is 33.2 Å². The van der Waals surface area contributed by atoms with E-state index in [1.165, 1.54) is 0 Å². The zero-order valence-electron chi connectivity index (χ0n) is 8.45. The van der Waals surface area contributed by atoms with Crippen LogP contribution in [0.5, 0.6) is 0 Å². The van der Waals surface area contributed by atoms with E-state index in [2.05, 4.69) is 4.72 Å². The summed E-state index contributed by atoms with van der Waals surface area (Å²) in [5.41, 5.74) is 0. The van der Waals surface area contributed by atoms with Gasteiger partial charge in [-0.25, -0.2) is 13.1 Å². The van der Waals surface area contributed by atoms with Gasteiger partial charge in [0.15, 0.2) is 0 Å². The molecule has 0 aliphatic heterocycles. The SMILES string of the molecule is CC(C)CS(=O)(=O)NC(C)CCO. The third kappa shape index (κ3) is 6.98. The van der Waals surface area contributed by atoms with Crippen molar-refractivity contribution >= 4 is 10.0 Å². The highest BCUT2D eigenvalue weighted by atomic mass is 32.2. The van der Waals surface area contributed by atoms with Gasteiger partial charge in [0.25, 0.3) is 0 Å². The maximum absolute atomic E-state index is 11.3. The normalized spacial score (nSPS) is 14.8. The molecule has 0 aliphatic rings. The van der Waals surface area contributed by atoms with Crippen LogP contribution < -0.4 is 4.72 Å². The van der Waals surface area contributed by atoms with Crippen molar-refractivity contribution in [1.82, 2.24) is 4.72 Å². The topological polar surface area (TPSA) is 66.4 Å². The van der Waals surface area contributed by atoms with Gasteiger partial charge in [-0.3, -0.25) is 0 Å². The zero-order valence-corrected chi connectivity index (χ0v) is 9.26. The largest absolute Gasteiger partial charge is 0.396 e. The fraction of sp³-hybridized carbons (Fsp3) is 1.00. The molecule has 0 spiro atoms. The maximum atomic E-state index is 11.3. The molecule has 0 aliphatic carbocycles. The minimum absolute atomic E-state index is 0.00532. The standard InChI is InChI=1S/C8H19NO3S/c1-7(2)6-13(11,12)9-8(3)4-5-10/h7-10H,4-6H2,1-3H3. The van der Waals surface area contributed by atoms with E-state index >= 15 is 0 Å². The Morgan fingerprint density at radius 3 is 2.23 bits per heavy atom. The van der Waals surface area contributed by atoms with Crippen molar-refractivity contribution in [2.75, 3.05) is 12.4 Å². The second kappa shape index (κ2) is 5.57. The summed E-state index contributed by atoms with van der Waals surface area (Å²) in [6, 6.07) is -0.186. The lowest BCUT2D eigenvalue weighted by Crippen LogP contribution is -2.36. The van der Waals surface area contributed by atoms with E-state index in [4.69, 9.17) is 5.11 Å². The Bertz CT molecular complexity index is 224. The number of hydrogen-bond acceptors (Lipinski definition) is 3. The number of hydrogen-bond donors (Lipinski definition) is 2. The van der Waals surface area contributed by atoms with Gasteiger partial charge in [0, 0.05) is 12.6 Å². The average molecular weight is 209 g/mol. The van der Waals surface area contributed by atoms with Crippen LogP contribution in [0.3, 0.4) is 0 Å². The summed E-state index contributed by atoms with van der Waals surface area (Å²) in [7, 11) is -3.16. The van der Waals surface area contributed by atoms with Crippen LogP contribution in [0.25, 0.3) is 0 Å². The number of aliphatic hydroxyl groups excluding tert-OH is 1. The molecule has 0 heterocycles. The molecule has 0 radical (unpaired) electrons. The molecule has 4 nitrogen and oxygen atoms in total. The van der Waals surface area contributed by atoms with Gasteiger partial charge in [-0.05, 0) is 19.3 Å². The lowest BCUT2D eigenvalue weighted by molar-refractivity contribution is 0.275. The highest BCUT2D eigenvalue weighted by Crippen LogP contribution is 2.00. The summed E-state index contributed by atoms with van der Waals surface area (Å²) < 4.78 is 25.2. The van der Waals surface area contributed by atoms with E-state index in [0.717, 1.165) is 0 Å². The smallest absolute Gasteiger partial charge is 0.212 e. The lowest BCUT2D eigenvalue weighted by Gasteiger charge is -2.13. The molecule has 0 aromatic heterocycles. The predicted octanol–water partition coefficient (Wildman–Crippen LogP) is 0.333. The lowest BCUT2D eigenvalue weighted by atomic mass is 10.3. The highest BCUT2D eigenvalue weighted by Gasteiger charge is 2.15. The molecule has 1 atom stereocenters. The van der Waals surface area contributed by atoms with Crippen molar-refractivity contribution in [3.8, 4) is 0 Å². The second-order valence-electron chi connectivity index (χ2n) is 3.71. The Labute approximate surface area is 80.4 Å². The third-order valence-corrected chi connectivity index (χ3v) is 3.36. The maximum Gasteiger partial charge on any atom is 0.212 e. The van der Waals surface area contributed by atoms with Crippen LogP contribution >= 0.6 is 0 Å². The molecule has 0 saturated carbocycles. The highest BCUT2D eigenvalue weighted by molar-refractivity contribution is 7.89. The van der Waals surface area contributed by atoms with E-state index in [9.17, 15) is 8.42 Å². The van der Waals surface area contributed by atoms with Crippen LogP contribution in [0.1, 0.15) is 27.2 Å².